The van der Waals surface area contributed by atoms with E-state index in [-0.39, 0.29) is 17.6 Å². The minimum absolute atomic E-state index is 0.00191. The Hall–Kier alpha value is -3.09. The number of ether oxygens (including phenoxy) is 2. The predicted octanol–water partition coefficient (Wildman–Crippen LogP) is 3.84. The number of hydrogen-bond acceptors (Lipinski definition) is 5. The van der Waals surface area contributed by atoms with Crippen LogP contribution >= 0.6 is 0 Å². The van der Waals surface area contributed by atoms with Crippen molar-refractivity contribution in [1.29, 1.82) is 0 Å². The van der Waals surface area contributed by atoms with E-state index in [0.29, 0.717) is 29.2 Å². The van der Waals surface area contributed by atoms with Crippen LogP contribution in [0.5, 0.6) is 11.5 Å². The van der Waals surface area contributed by atoms with E-state index in [0.717, 1.165) is 0 Å². The van der Waals surface area contributed by atoms with Crippen molar-refractivity contribution in [2.75, 3.05) is 20.8 Å². The fourth-order valence-corrected chi connectivity index (χ4v) is 2.58. The average molecular weight is 358 g/mol. The lowest BCUT2D eigenvalue weighted by atomic mass is 10.1. The second kappa shape index (κ2) is 8.33. The molecule has 7 heteroatoms. The molecule has 0 aliphatic rings. The molecule has 2 rings (SSSR count). The highest BCUT2D eigenvalue weighted by atomic mass is 16.6. The summed E-state index contributed by atoms with van der Waals surface area (Å²) in [7, 11) is 3.18. The number of rotatable bonds is 7. The highest BCUT2D eigenvalue weighted by molar-refractivity contribution is 5.95. The summed E-state index contributed by atoms with van der Waals surface area (Å²) in [4.78, 5) is 24.9. The topological polar surface area (TPSA) is 81.9 Å². The summed E-state index contributed by atoms with van der Waals surface area (Å²) < 4.78 is 10.7. The number of carbonyl (C=O) groups is 1. The molecule has 0 unspecified atom stereocenters. The minimum Gasteiger partial charge on any atom is -0.493 e. The zero-order valence-electron chi connectivity index (χ0n) is 15.3. The second-order valence-electron chi connectivity index (χ2n) is 5.74. The molecule has 0 aliphatic carbocycles. The summed E-state index contributed by atoms with van der Waals surface area (Å²) in [6, 6.07) is 10.9. The SMILES string of the molecule is CCOc1ccc(C(=O)N(C)[C@@H](C)c2cccc([N+](=O)[O-])c2)cc1OC. The number of nitro benzene ring substituents is 1. The van der Waals surface area contributed by atoms with Crippen LogP contribution in [-0.2, 0) is 0 Å². The number of nitrogens with zero attached hydrogens (tertiary/aromatic N) is 2. The molecule has 0 spiro atoms. The van der Waals surface area contributed by atoms with E-state index in [1.807, 2.05) is 13.8 Å². The summed E-state index contributed by atoms with van der Waals surface area (Å²) in [6.45, 7) is 4.18. The van der Waals surface area contributed by atoms with E-state index in [1.165, 1.54) is 24.1 Å². The van der Waals surface area contributed by atoms with Crippen LogP contribution in [0.4, 0.5) is 5.69 Å². The Morgan fingerprint density at radius 2 is 1.96 bits per heavy atom. The molecule has 0 N–H and O–H groups in total. The molecule has 26 heavy (non-hydrogen) atoms. The molecule has 1 amide bonds. The minimum atomic E-state index is -0.449. The van der Waals surface area contributed by atoms with Gasteiger partial charge in [-0.05, 0) is 37.6 Å². The first-order valence-electron chi connectivity index (χ1n) is 8.21. The van der Waals surface area contributed by atoms with Gasteiger partial charge in [0.1, 0.15) is 0 Å². The van der Waals surface area contributed by atoms with E-state index in [1.54, 1.807) is 37.4 Å². The normalized spacial score (nSPS) is 11.5. The van der Waals surface area contributed by atoms with Crippen LogP contribution in [0.3, 0.4) is 0 Å². The van der Waals surface area contributed by atoms with Crippen molar-refractivity contribution in [3.05, 3.63) is 63.7 Å². The molecule has 7 nitrogen and oxygen atoms in total. The van der Waals surface area contributed by atoms with E-state index in [9.17, 15) is 14.9 Å². The predicted molar refractivity (Wildman–Crippen MR) is 97.8 cm³/mol. The Kier molecular flexibility index (Phi) is 6.16. The number of benzene rings is 2. The summed E-state index contributed by atoms with van der Waals surface area (Å²) >= 11 is 0. The van der Waals surface area contributed by atoms with Gasteiger partial charge in [0.15, 0.2) is 11.5 Å². The van der Waals surface area contributed by atoms with Gasteiger partial charge in [-0.25, -0.2) is 0 Å². The van der Waals surface area contributed by atoms with Gasteiger partial charge in [0.05, 0.1) is 24.7 Å². The number of hydrogen-bond donors (Lipinski definition) is 0. The van der Waals surface area contributed by atoms with Crippen LogP contribution < -0.4 is 9.47 Å². The largest absolute Gasteiger partial charge is 0.493 e. The molecule has 0 fully saturated rings. The molecule has 0 aliphatic heterocycles. The summed E-state index contributed by atoms with van der Waals surface area (Å²) in [5.41, 5.74) is 1.14. The second-order valence-corrected chi connectivity index (χ2v) is 5.74. The third-order valence-electron chi connectivity index (χ3n) is 4.18. The smallest absolute Gasteiger partial charge is 0.269 e. The van der Waals surface area contributed by atoms with Gasteiger partial charge >= 0.3 is 0 Å². The quantitative estimate of drug-likeness (QED) is 0.555. The Morgan fingerprint density at radius 3 is 2.58 bits per heavy atom. The third kappa shape index (κ3) is 4.11. The molecule has 0 bridgehead atoms. The number of nitro groups is 1. The molecule has 2 aromatic rings. The van der Waals surface area contributed by atoms with Crippen LogP contribution in [-0.4, -0.2) is 36.5 Å². The third-order valence-corrected chi connectivity index (χ3v) is 4.18. The molecule has 0 heterocycles. The fraction of sp³-hybridized carbons (Fsp3) is 0.316. The van der Waals surface area contributed by atoms with Crippen molar-refractivity contribution in [2.24, 2.45) is 0 Å². The standard InChI is InChI=1S/C19H22N2O5/c1-5-26-17-10-9-15(12-18(17)25-4)19(22)20(3)13(2)14-7-6-8-16(11-14)21(23)24/h6-13H,5H2,1-4H3/t13-/m0/s1. The van der Waals surface area contributed by atoms with Crippen molar-refractivity contribution in [3.8, 4) is 11.5 Å². The van der Waals surface area contributed by atoms with Crippen molar-refractivity contribution in [1.82, 2.24) is 4.90 Å². The van der Waals surface area contributed by atoms with Crippen LogP contribution in [0, 0.1) is 10.1 Å². The lowest BCUT2D eigenvalue weighted by molar-refractivity contribution is -0.384. The highest BCUT2D eigenvalue weighted by Gasteiger charge is 2.21. The number of methoxy groups -OCH3 is 1. The first kappa shape index (κ1) is 19.2. The zero-order valence-corrected chi connectivity index (χ0v) is 15.3. The van der Waals surface area contributed by atoms with E-state index in [2.05, 4.69) is 0 Å². The van der Waals surface area contributed by atoms with Crippen LogP contribution in [0.2, 0.25) is 0 Å². The Balaban J connectivity index is 2.26. The summed E-state index contributed by atoms with van der Waals surface area (Å²) in [6.07, 6.45) is 0. The van der Waals surface area contributed by atoms with E-state index < -0.39 is 4.92 Å². The molecule has 0 aromatic heterocycles. The van der Waals surface area contributed by atoms with Gasteiger partial charge in [-0.3, -0.25) is 14.9 Å². The summed E-state index contributed by atoms with van der Waals surface area (Å²) in [5, 5.41) is 11.0. The Morgan fingerprint density at radius 1 is 1.23 bits per heavy atom. The number of amides is 1. The fourth-order valence-electron chi connectivity index (χ4n) is 2.58. The zero-order chi connectivity index (χ0) is 19.3. The van der Waals surface area contributed by atoms with Gasteiger partial charge in [-0.15, -0.1) is 0 Å². The van der Waals surface area contributed by atoms with Crippen molar-refractivity contribution >= 4 is 11.6 Å². The molecule has 0 saturated carbocycles. The molecule has 0 radical (unpaired) electrons. The van der Waals surface area contributed by atoms with Gasteiger partial charge in [0.25, 0.3) is 11.6 Å². The lowest BCUT2D eigenvalue weighted by Crippen LogP contribution is -2.29. The van der Waals surface area contributed by atoms with Crippen LogP contribution in [0.1, 0.15) is 35.8 Å². The molecule has 0 saturated heterocycles. The van der Waals surface area contributed by atoms with Gasteiger partial charge < -0.3 is 14.4 Å². The van der Waals surface area contributed by atoms with Crippen molar-refractivity contribution < 1.29 is 19.2 Å². The van der Waals surface area contributed by atoms with Crippen molar-refractivity contribution in [2.45, 2.75) is 19.9 Å². The molecule has 2 aromatic carbocycles. The number of non-ortho nitro benzene ring substituents is 1. The maximum atomic E-state index is 12.8. The van der Waals surface area contributed by atoms with Gasteiger partial charge in [0, 0.05) is 24.7 Å². The molecule has 1 atom stereocenters. The first-order chi connectivity index (χ1) is 12.4. The first-order valence-corrected chi connectivity index (χ1v) is 8.21. The Bertz CT molecular complexity index is 806. The monoisotopic (exact) mass is 358 g/mol. The van der Waals surface area contributed by atoms with Gasteiger partial charge in [0.2, 0.25) is 0 Å². The van der Waals surface area contributed by atoms with Crippen LogP contribution in [0.15, 0.2) is 42.5 Å². The Labute approximate surface area is 152 Å². The van der Waals surface area contributed by atoms with Crippen LogP contribution in [0.25, 0.3) is 0 Å². The van der Waals surface area contributed by atoms with Crippen molar-refractivity contribution in [3.63, 3.8) is 0 Å². The van der Waals surface area contributed by atoms with Gasteiger partial charge in [-0.2, -0.15) is 0 Å². The molecular weight excluding hydrogens is 336 g/mol. The lowest BCUT2D eigenvalue weighted by Gasteiger charge is -2.25. The number of carbonyl (C=O) groups excluding carboxylic acids is 1. The maximum Gasteiger partial charge on any atom is 0.269 e. The van der Waals surface area contributed by atoms with E-state index in [4.69, 9.17) is 9.47 Å². The van der Waals surface area contributed by atoms with E-state index >= 15 is 0 Å². The summed E-state index contributed by atoms with van der Waals surface area (Å²) in [5.74, 6) is 0.834. The van der Waals surface area contributed by atoms with Gasteiger partial charge in [-0.1, -0.05) is 12.1 Å². The average Bonchev–Trinajstić information content (AvgIpc) is 2.66. The maximum absolute atomic E-state index is 12.8. The molecule has 138 valence electrons. The molecular formula is C19H22N2O5. The highest BCUT2D eigenvalue weighted by Crippen LogP contribution is 2.30.